The van der Waals surface area contributed by atoms with E-state index in [9.17, 15) is 4.57 Å². The Labute approximate surface area is 86.5 Å². The first kappa shape index (κ1) is 14.1. The van der Waals surface area contributed by atoms with Crippen LogP contribution < -0.4 is 0 Å². The second-order valence-corrected chi connectivity index (χ2v) is 5.66. The number of hydrogen-bond donors (Lipinski definition) is 2. The van der Waals surface area contributed by atoms with Crippen molar-refractivity contribution in [2.24, 2.45) is 0 Å². The maximum Gasteiger partial charge on any atom is 0.342 e. The first-order valence-electron chi connectivity index (χ1n) is 5.11. The fraction of sp³-hybridized carbons (Fsp3) is 1.00. The van der Waals surface area contributed by atoms with Crippen LogP contribution in [0.4, 0.5) is 0 Å². The lowest BCUT2D eigenvalue weighted by Crippen LogP contribution is -2.27. The first-order valence-corrected chi connectivity index (χ1v) is 6.79. The average Bonchev–Trinajstić information content (AvgIpc) is 2.01. The zero-order valence-electron chi connectivity index (χ0n) is 9.31. The highest BCUT2D eigenvalue weighted by Gasteiger charge is 2.29. The van der Waals surface area contributed by atoms with Crippen molar-refractivity contribution >= 4 is 7.60 Å². The second-order valence-electron chi connectivity index (χ2n) is 3.88. The van der Waals surface area contributed by atoms with E-state index in [1.54, 1.807) is 19.0 Å². The summed E-state index contributed by atoms with van der Waals surface area (Å²) >= 11 is 0. The summed E-state index contributed by atoms with van der Waals surface area (Å²) in [6.45, 7) is 2.12. The van der Waals surface area contributed by atoms with Gasteiger partial charge in [0, 0.05) is 0 Å². The van der Waals surface area contributed by atoms with E-state index >= 15 is 0 Å². The van der Waals surface area contributed by atoms with Crippen molar-refractivity contribution in [1.29, 1.82) is 0 Å². The van der Waals surface area contributed by atoms with Crippen LogP contribution in [0.2, 0.25) is 0 Å². The summed E-state index contributed by atoms with van der Waals surface area (Å²) in [5, 5.41) is 0. The molecule has 14 heavy (non-hydrogen) atoms. The van der Waals surface area contributed by atoms with Gasteiger partial charge in [-0.2, -0.15) is 0 Å². The Balaban J connectivity index is 3.94. The minimum Gasteiger partial charge on any atom is -0.323 e. The molecule has 4 nitrogen and oxygen atoms in total. The summed E-state index contributed by atoms with van der Waals surface area (Å²) in [4.78, 5) is 19.8. The molecule has 2 N–H and O–H groups in total. The highest BCUT2D eigenvalue weighted by molar-refractivity contribution is 7.52. The van der Waals surface area contributed by atoms with Gasteiger partial charge in [-0.15, -0.1) is 0 Å². The highest BCUT2D eigenvalue weighted by atomic mass is 31.2. The van der Waals surface area contributed by atoms with Gasteiger partial charge in [0.1, 0.15) is 5.78 Å². The van der Waals surface area contributed by atoms with Gasteiger partial charge in [-0.05, 0) is 20.5 Å². The smallest absolute Gasteiger partial charge is 0.323 e. The summed E-state index contributed by atoms with van der Waals surface area (Å²) in [5.74, 6) is -0.612. The van der Waals surface area contributed by atoms with Gasteiger partial charge in [0.05, 0.1) is 0 Å². The van der Waals surface area contributed by atoms with Crippen LogP contribution >= 0.6 is 7.60 Å². The third-order valence-electron chi connectivity index (χ3n) is 2.30. The maximum atomic E-state index is 11.1. The monoisotopic (exact) mass is 223 g/mol. The quantitative estimate of drug-likeness (QED) is 0.512. The number of hydrogen-bond acceptors (Lipinski definition) is 2. The summed E-state index contributed by atoms with van der Waals surface area (Å²) in [5.41, 5.74) is 0. The molecule has 0 aromatic carbocycles. The van der Waals surface area contributed by atoms with Crippen molar-refractivity contribution in [3.63, 3.8) is 0 Å². The molecule has 0 aromatic heterocycles. The van der Waals surface area contributed by atoms with Crippen molar-refractivity contribution in [3.05, 3.63) is 0 Å². The van der Waals surface area contributed by atoms with Gasteiger partial charge in [0.2, 0.25) is 0 Å². The molecular formula is C9H22NO3P. The van der Waals surface area contributed by atoms with E-state index in [1.165, 1.54) is 0 Å². The molecule has 1 unspecified atom stereocenters. The van der Waals surface area contributed by atoms with Crippen LogP contribution in [0.5, 0.6) is 0 Å². The van der Waals surface area contributed by atoms with Crippen LogP contribution in [0.1, 0.15) is 39.0 Å². The topological polar surface area (TPSA) is 60.8 Å². The molecule has 0 rings (SSSR count). The molecule has 0 radical (unpaired) electrons. The van der Waals surface area contributed by atoms with Crippen LogP contribution in [0.3, 0.4) is 0 Å². The number of rotatable bonds is 7. The Bertz CT molecular complexity index is 190. The molecule has 0 spiro atoms. The Kier molecular flexibility index (Phi) is 6.62. The SMILES string of the molecule is CCCCCCC(N(C)C)P(=O)(O)O. The second kappa shape index (κ2) is 6.57. The van der Waals surface area contributed by atoms with Gasteiger partial charge in [-0.25, -0.2) is 0 Å². The first-order chi connectivity index (χ1) is 6.39. The van der Waals surface area contributed by atoms with E-state index < -0.39 is 13.4 Å². The van der Waals surface area contributed by atoms with Gasteiger partial charge in [-0.3, -0.25) is 9.46 Å². The van der Waals surface area contributed by atoms with E-state index in [0.29, 0.717) is 6.42 Å². The van der Waals surface area contributed by atoms with Crippen LogP contribution in [-0.4, -0.2) is 34.6 Å². The Morgan fingerprint density at radius 2 is 1.79 bits per heavy atom. The van der Waals surface area contributed by atoms with Crippen molar-refractivity contribution < 1.29 is 14.4 Å². The highest BCUT2D eigenvalue weighted by Crippen LogP contribution is 2.44. The molecule has 86 valence electrons. The third-order valence-corrected chi connectivity index (χ3v) is 3.80. The minimum absolute atomic E-state index is 0.581. The van der Waals surface area contributed by atoms with Crippen LogP contribution in [0.25, 0.3) is 0 Å². The third kappa shape index (κ3) is 5.76. The van der Waals surface area contributed by atoms with E-state index in [2.05, 4.69) is 6.92 Å². The molecule has 0 bridgehead atoms. The molecule has 0 aliphatic carbocycles. The number of unbranched alkanes of at least 4 members (excludes halogenated alkanes) is 3. The van der Waals surface area contributed by atoms with Crippen LogP contribution in [-0.2, 0) is 4.57 Å². The molecule has 0 aliphatic rings. The molecule has 0 saturated heterocycles. The molecule has 0 fully saturated rings. The van der Waals surface area contributed by atoms with E-state index in [-0.39, 0.29) is 0 Å². The largest absolute Gasteiger partial charge is 0.342 e. The average molecular weight is 223 g/mol. The standard InChI is InChI=1S/C9H22NO3P/c1-4-5-6-7-8-9(10(2)3)14(11,12)13/h9H,4-8H2,1-3H3,(H2,11,12,13). The molecule has 5 heteroatoms. The fourth-order valence-corrected chi connectivity index (χ4v) is 2.60. The predicted octanol–water partition coefficient (Wildman–Crippen LogP) is 2.02. The maximum absolute atomic E-state index is 11.1. The van der Waals surface area contributed by atoms with Gasteiger partial charge < -0.3 is 9.79 Å². The van der Waals surface area contributed by atoms with E-state index in [4.69, 9.17) is 9.79 Å². The molecule has 0 aromatic rings. The van der Waals surface area contributed by atoms with Gasteiger partial charge in [0.25, 0.3) is 0 Å². The van der Waals surface area contributed by atoms with E-state index in [1.807, 2.05) is 0 Å². The summed E-state index contributed by atoms with van der Waals surface area (Å²) in [7, 11) is -0.531. The van der Waals surface area contributed by atoms with E-state index in [0.717, 1.165) is 25.7 Å². The summed E-state index contributed by atoms with van der Waals surface area (Å²) < 4.78 is 11.1. The van der Waals surface area contributed by atoms with Gasteiger partial charge in [-0.1, -0.05) is 32.6 Å². The van der Waals surface area contributed by atoms with Gasteiger partial charge >= 0.3 is 7.60 Å². The summed E-state index contributed by atoms with van der Waals surface area (Å²) in [6.07, 6.45) is 4.81. The fourth-order valence-electron chi connectivity index (χ4n) is 1.48. The summed E-state index contributed by atoms with van der Waals surface area (Å²) in [6, 6.07) is 0. The van der Waals surface area contributed by atoms with Crippen molar-refractivity contribution in [2.45, 2.75) is 44.8 Å². The lowest BCUT2D eigenvalue weighted by Gasteiger charge is -2.24. The van der Waals surface area contributed by atoms with Crippen molar-refractivity contribution in [3.8, 4) is 0 Å². The van der Waals surface area contributed by atoms with Crippen molar-refractivity contribution in [1.82, 2.24) is 4.90 Å². The zero-order chi connectivity index (χ0) is 11.2. The Morgan fingerprint density at radius 1 is 1.21 bits per heavy atom. The van der Waals surface area contributed by atoms with Crippen molar-refractivity contribution in [2.75, 3.05) is 14.1 Å². The Morgan fingerprint density at radius 3 is 2.14 bits per heavy atom. The minimum atomic E-state index is -3.95. The lowest BCUT2D eigenvalue weighted by molar-refractivity contribution is 0.270. The normalized spacial score (nSPS) is 14.7. The molecule has 0 heterocycles. The van der Waals surface area contributed by atoms with Crippen LogP contribution in [0.15, 0.2) is 0 Å². The predicted molar refractivity (Wildman–Crippen MR) is 58.3 cm³/mol. The molecule has 1 atom stereocenters. The molecule has 0 amide bonds. The molecule has 0 saturated carbocycles. The Hall–Kier alpha value is 0.110. The molecule has 0 aliphatic heterocycles. The van der Waals surface area contributed by atoms with Crippen LogP contribution in [0, 0.1) is 0 Å². The number of nitrogens with zero attached hydrogens (tertiary/aromatic N) is 1. The zero-order valence-corrected chi connectivity index (χ0v) is 10.2. The van der Waals surface area contributed by atoms with Gasteiger partial charge in [0.15, 0.2) is 0 Å². The lowest BCUT2D eigenvalue weighted by atomic mass is 10.1. The molecular weight excluding hydrogens is 201 g/mol.